The van der Waals surface area contributed by atoms with E-state index in [2.05, 4.69) is 19.2 Å². The van der Waals surface area contributed by atoms with E-state index < -0.39 is 14.6 Å². The molecule has 0 radical (unpaired) electrons. The molecule has 0 spiro atoms. The predicted octanol–water partition coefficient (Wildman–Crippen LogP) is 1.06. The van der Waals surface area contributed by atoms with Crippen LogP contribution in [0.3, 0.4) is 0 Å². The zero-order valence-corrected chi connectivity index (χ0v) is 10.0. The van der Waals surface area contributed by atoms with Crippen molar-refractivity contribution >= 4 is 9.84 Å². The highest BCUT2D eigenvalue weighted by Crippen LogP contribution is 2.13. The van der Waals surface area contributed by atoms with Crippen molar-refractivity contribution in [3.63, 3.8) is 0 Å². The lowest BCUT2D eigenvalue weighted by Crippen LogP contribution is -2.42. The molecule has 4 heteroatoms. The van der Waals surface area contributed by atoms with Crippen LogP contribution < -0.4 is 5.32 Å². The van der Waals surface area contributed by atoms with E-state index in [0.717, 1.165) is 6.54 Å². The molecule has 0 rings (SSSR count). The molecule has 0 fully saturated rings. The highest BCUT2D eigenvalue weighted by atomic mass is 32.2. The molecule has 0 saturated carbocycles. The first-order chi connectivity index (χ1) is 5.67. The van der Waals surface area contributed by atoms with Gasteiger partial charge >= 0.3 is 0 Å². The Balaban J connectivity index is 4.06. The summed E-state index contributed by atoms with van der Waals surface area (Å²) in [6.45, 7) is 9.06. The van der Waals surface area contributed by atoms with Crippen LogP contribution >= 0.6 is 0 Å². The summed E-state index contributed by atoms with van der Waals surface area (Å²) in [5.41, 5.74) is 0. The second kappa shape index (κ2) is 4.42. The Morgan fingerprint density at radius 1 is 1.31 bits per heavy atom. The van der Waals surface area contributed by atoms with Crippen LogP contribution in [-0.4, -0.2) is 32.5 Å². The lowest BCUT2D eigenvalue weighted by molar-refractivity contribution is 0.490. The van der Waals surface area contributed by atoms with Gasteiger partial charge in [-0.25, -0.2) is 8.42 Å². The minimum Gasteiger partial charge on any atom is -0.315 e. The summed E-state index contributed by atoms with van der Waals surface area (Å²) in [6.07, 6.45) is 1.28. The molecule has 0 aromatic rings. The number of rotatable bonds is 5. The third-order valence-electron chi connectivity index (χ3n) is 2.11. The number of sulfone groups is 1. The van der Waals surface area contributed by atoms with E-state index in [1.807, 2.05) is 0 Å². The van der Waals surface area contributed by atoms with Gasteiger partial charge in [0.25, 0.3) is 0 Å². The van der Waals surface area contributed by atoms with Gasteiger partial charge in [-0.2, -0.15) is 0 Å². The van der Waals surface area contributed by atoms with Crippen LogP contribution in [-0.2, 0) is 9.84 Å². The van der Waals surface area contributed by atoms with Gasteiger partial charge in [-0.15, -0.1) is 0 Å². The van der Waals surface area contributed by atoms with Gasteiger partial charge < -0.3 is 5.32 Å². The van der Waals surface area contributed by atoms with Crippen molar-refractivity contribution in [2.75, 3.05) is 19.3 Å². The van der Waals surface area contributed by atoms with Gasteiger partial charge in [0.1, 0.15) is 0 Å². The fourth-order valence-electron chi connectivity index (χ4n) is 0.793. The molecule has 0 aliphatic carbocycles. The molecule has 0 heterocycles. The summed E-state index contributed by atoms with van der Waals surface area (Å²) < 4.78 is 21.9. The lowest BCUT2D eigenvalue weighted by atomic mass is 10.2. The van der Waals surface area contributed by atoms with Crippen molar-refractivity contribution in [1.29, 1.82) is 0 Å². The standard InChI is InChI=1S/C9H21NO2S/c1-8(2)6-10-7-9(3,4)13(5,11)12/h8,10H,6-7H2,1-5H3. The molecule has 0 aliphatic heterocycles. The topological polar surface area (TPSA) is 46.2 Å². The van der Waals surface area contributed by atoms with Gasteiger partial charge in [0.15, 0.2) is 9.84 Å². The molecule has 0 aliphatic rings. The zero-order valence-electron chi connectivity index (χ0n) is 9.22. The molecule has 0 atom stereocenters. The Kier molecular flexibility index (Phi) is 4.39. The van der Waals surface area contributed by atoms with Gasteiger partial charge in [-0.3, -0.25) is 0 Å². The summed E-state index contributed by atoms with van der Waals surface area (Å²) in [4.78, 5) is 0. The van der Waals surface area contributed by atoms with Gasteiger partial charge in [0.05, 0.1) is 4.75 Å². The van der Waals surface area contributed by atoms with E-state index in [-0.39, 0.29) is 0 Å². The molecule has 0 aromatic heterocycles. The van der Waals surface area contributed by atoms with Crippen LogP contribution in [0.5, 0.6) is 0 Å². The Morgan fingerprint density at radius 2 is 1.77 bits per heavy atom. The van der Waals surface area contributed by atoms with E-state index in [4.69, 9.17) is 0 Å². The minimum absolute atomic E-state index is 0.518. The van der Waals surface area contributed by atoms with E-state index in [9.17, 15) is 8.42 Å². The molecule has 80 valence electrons. The fraction of sp³-hybridized carbons (Fsp3) is 1.00. The summed E-state index contributed by atoms with van der Waals surface area (Å²) in [7, 11) is -2.96. The second-order valence-corrected chi connectivity index (χ2v) is 7.21. The SMILES string of the molecule is CC(C)CNCC(C)(C)S(C)(=O)=O. The summed E-state index contributed by atoms with van der Waals surface area (Å²) >= 11 is 0. The van der Waals surface area contributed by atoms with Gasteiger partial charge in [0.2, 0.25) is 0 Å². The van der Waals surface area contributed by atoms with Crippen molar-refractivity contribution in [2.24, 2.45) is 5.92 Å². The Labute approximate surface area is 81.8 Å². The number of hydrogen-bond donors (Lipinski definition) is 1. The van der Waals surface area contributed by atoms with Crippen LogP contribution in [0.4, 0.5) is 0 Å². The maximum Gasteiger partial charge on any atom is 0.153 e. The first-order valence-electron chi connectivity index (χ1n) is 4.57. The normalized spacial score (nSPS) is 13.7. The van der Waals surface area contributed by atoms with Crippen LogP contribution in [0.1, 0.15) is 27.7 Å². The van der Waals surface area contributed by atoms with E-state index in [1.165, 1.54) is 6.26 Å². The highest BCUT2D eigenvalue weighted by Gasteiger charge is 2.29. The maximum atomic E-state index is 11.3. The summed E-state index contributed by atoms with van der Waals surface area (Å²) in [5, 5.41) is 3.15. The summed E-state index contributed by atoms with van der Waals surface area (Å²) in [5.74, 6) is 0.551. The molecule has 3 nitrogen and oxygen atoms in total. The fourth-order valence-corrected chi connectivity index (χ4v) is 1.16. The zero-order chi connectivity index (χ0) is 10.7. The van der Waals surface area contributed by atoms with Crippen molar-refractivity contribution in [1.82, 2.24) is 5.32 Å². The predicted molar refractivity (Wildman–Crippen MR) is 56.6 cm³/mol. The van der Waals surface area contributed by atoms with Crippen LogP contribution in [0, 0.1) is 5.92 Å². The van der Waals surface area contributed by atoms with E-state index in [0.29, 0.717) is 12.5 Å². The smallest absolute Gasteiger partial charge is 0.153 e. The molecular weight excluding hydrogens is 186 g/mol. The lowest BCUT2D eigenvalue weighted by Gasteiger charge is -2.23. The Hall–Kier alpha value is -0.0900. The van der Waals surface area contributed by atoms with Crippen molar-refractivity contribution in [2.45, 2.75) is 32.4 Å². The Bertz CT molecular complexity index is 242. The molecule has 1 N–H and O–H groups in total. The van der Waals surface area contributed by atoms with E-state index >= 15 is 0 Å². The third kappa shape index (κ3) is 4.62. The molecule has 0 aromatic carbocycles. The first kappa shape index (κ1) is 12.9. The molecule has 13 heavy (non-hydrogen) atoms. The average molecular weight is 207 g/mol. The van der Waals surface area contributed by atoms with Crippen molar-refractivity contribution in [3.8, 4) is 0 Å². The molecule has 0 amide bonds. The second-order valence-electron chi connectivity index (χ2n) is 4.56. The Morgan fingerprint density at radius 3 is 2.08 bits per heavy atom. The molecule has 0 bridgehead atoms. The number of nitrogens with one attached hydrogen (secondary N) is 1. The monoisotopic (exact) mass is 207 g/mol. The van der Waals surface area contributed by atoms with Crippen LogP contribution in [0.2, 0.25) is 0 Å². The van der Waals surface area contributed by atoms with Crippen molar-refractivity contribution in [3.05, 3.63) is 0 Å². The van der Waals surface area contributed by atoms with Gasteiger partial charge in [-0.1, -0.05) is 13.8 Å². The molecule has 0 saturated heterocycles. The largest absolute Gasteiger partial charge is 0.315 e. The van der Waals surface area contributed by atoms with E-state index in [1.54, 1.807) is 13.8 Å². The van der Waals surface area contributed by atoms with Gasteiger partial charge in [0, 0.05) is 12.8 Å². The average Bonchev–Trinajstić information content (AvgIpc) is 1.82. The minimum atomic E-state index is -2.96. The van der Waals surface area contributed by atoms with Crippen LogP contribution in [0.25, 0.3) is 0 Å². The van der Waals surface area contributed by atoms with Crippen molar-refractivity contribution < 1.29 is 8.42 Å². The van der Waals surface area contributed by atoms with Gasteiger partial charge in [-0.05, 0) is 26.3 Å². The number of hydrogen-bond acceptors (Lipinski definition) is 3. The first-order valence-corrected chi connectivity index (χ1v) is 6.46. The highest BCUT2D eigenvalue weighted by molar-refractivity contribution is 7.92. The molecule has 0 unspecified atom stereocenters. The molecular formula is C9H21NO2S. The summed E-state index contributed by atoms with van der Waals surface area (Å²) in [6, 6.07) is 0. The quantitative estimate of drug-likeness (QED) is 0.733. The third-order valence-corrected chi connectivity index (χ3v) is 4.26. The maximum absolute atomic E-state index is 11.3. The van der Waals surface area contributed by atoms with Crippen LogP contribution in [0.15, 0.2) is 0 Å².